The molecule has 0 unspecified atom stereocenters. The Morgan fingerprint density at radius 3 is 2.62 bits per heavy atom. The van der Waals surface area contributed by atoms with E-state index in [0.717, 1.165) is 0 Å². The van der Waals surface area contributed by atoms with Crippen LogP contribution in [-0.4, -0.2) is 10.0 Å². The van der Waals surface area contributed by atoms with Crippen LogP contribution in [0.5, 0.6) is 11.5 Å². The van der Waals surface area contributed by atoms with Gasteiger partial charge in [-0.25, -0.2) is 0 Å². The fourth-order valence-electron chi connectivity index (χ4n) is 1.88. The number of hydrogen-bond acceptors (Lipinski definition) is 4. The molecular formula is C15H14ClNO4. The van der Waals surface area contributed by atoms with Crippen molar-refractivity contribution in [1.29, 1.82) is 0 Å². The van der Waals surface area contributed by atoms with E-state index in [1.807, 2.05) is 0 Å². The summed E-state index contributed by atoms with van der Waals surface area (Å²) >= 11 is 6.10. The number of nitro benzene ring substituents is 1. The summed E-state index contributed by atoms with van der Waals surface area (Å²) in [5, 5.41) is 20.8. The van der Waals surface area contributed by atoms with Gasteiger partial charge in [0.25, 0.3) is 0 Å². The molecule has 21 heavy (non-hydrogen) atoms. The summed E-state index contributed by atoms with van der Waals surface area (Å²) in [7, 11) is 0. The van der Waals surface area contributed by atoms with Crippen molar-refractivity contribution in [1.82, 2.24) is 0 Å². The molecule has 0 aliphatic carbocycles. The largest absolute Gasteiger partial charge is 0.448 e. The number of hydrogen-bond donors (Lipinski definition) is 1. The Morgan fingerprint density at radius 1 is 1.33 bits per heavy atom. The van der Waals surface area contributed by atoms with E-state index in [4.69, 9.17) is 16.3 Å². The van der Waals surface area contributed by atoms with Crippen LogP contribution < -0.4 is 4.74 Å². The Labute approximate surface area is 126 Å². The summed E-state index contributed by atoms with van der Waals surface area (Å²) in [5.41, 5.74) is 1.16. The van der Waals surface area contributed by atoms with E-state index in [-0.39, 0.29) is 16.5 Å². The molecule has 0 bridgehead atoms. The second-order valence-corrected chi connectivity index (χ2v) is 5.06. The maximum absolute atomic E-state index is 11.1. The Balaban J connectivity index is 2.41. The van der Waals surface area contributed by atoms with Gasteiger partial charge in [-0.3, -0.25) is 10.1 Å². The van der Waals surface area contributed by atoms with Crippen molar-refractivity contribution in [2.45, 2.75) is 20.0 Å². The molecule has 0 aliphatic rings. The first-order valence-corrected chi connectivity index (χ1v) is 6.67. The number of aliphatic hydroxyl groups is 1. The predicted octanol–water partition coefficient (Wildman–Crippen LogP) is 4.40. The van der Waals surface area contributed by atoms with Crippen LogP contribution in [0.1, 0.15) is 24.2 Å². The number of halogens is 1. The topological polar surface area (TPSA) is 72.6 Å². The van der Waals surface area contributed by atoms with Gasteiger partial charge in [-0.15, -0.1) is 0 Å². The zero-order chi connectivity index (χ0) is 15.6. The lowest BCUT2D eigenvalue weighted by Crippen LogP contribution is -1.97. The van der Waals surface area contributed by atoms with Crippen molar-refractivity contribution < 1.29 is 14.8 Å². The minimum Gasteiger partial charge on any atom is -0.448 e. The first kappa shape index (κ1) is 15.3. The number of nitro groups is 1. The van der Waals surface area contributed by atoms with Crippen LogP contribution in [0, 0.1) is 17.0 Å². The fraction of sp³-hybridized carbons (Fsp3) is 0.200. The highest BCUT2D eigenvalue weighted by Crippen LogP contribution is 2.37. The lowest BCUT2D eigenvalue weighted by molar-refractivity contribution is -0.385. The SMILES string of the molecule is Cc1cccc([N+](=O)[O-])c1Oc1ccc([C@H](C)O)cc1Cl. The van der Waals surface area contributed by atoms with Gasteiger partial charge >= 0.3 is 5.69 Å². The molecule has 0 aromatic heterocycles. The van der Waals surface area contributed by atoms with Crippen molar-refractivity contribution in [3.8, 4) is 11.5 Å². The molecule has 5 nitrogen and oxygen atoms in total. The zero-order valence-electron chi connectivity index (χ0n) is 11.5. The maximum atomic E-state index is 11.1. The molecule has 110 valence electrons. The predicted molar refractivity (Wildman–Crippen MR) is 80.0 cm³/mol. The highest BCUT2D eigenvalue weighted by molar-refractivity contribution is 6.32. The number of aliphatic hydroxyl groups excluding tert-OH is 1. The average Bonchev–Trinajstić information content (AvgIpc) is 2.42. The monoisotopic (exact) mass is 307 g/mol. The van der Waals surface area contributed by atoms with E-state index in [1.54, 1.807) is 44.2 Å². The lowest BCUT2D eigenvalue weighted by Gasteiger charge is -2.12. The molecule has 0 aliphatic heterocycles. The Kier molecular flexibility index (Phi) is 4.45. The van der Waals surface area contributed by atoms with E-state index in [0.29, 0.717) is 16.9 Å². The van der Waals surface area contributed by atoms with Gasteiger partial charge in [0.05, 0.1) is 16.0 Å². The molecule has 0 saturated heterocycles. The summed E-state index contributed by atoms with van der Waals surface area (Å²) in [4.78, 5) is 10.6. The van der Waals surface area contributed by atoms with Crippen molar-refractivity contribution >= 4 is 17.3 Å². The number of ether oxygens (including phenoxy) is 1. The fourth-order valence-corrected chi connectivity index (χ4v) is 2.11. The van der Waals surface area contributed by atoms with Gasteiger partial charge in [0, 0.05) is 6.07 Å². The molecule has 1 N–H and O–H groups in total. The normalized spacial score (nSPS) is 12.0. The summed E-state index contributed by atoms with van der Waals surface area (Å²) in [6.07, 6.45) is -0.649. The van der Waals surface area contributed by atoms with Gasteiger partial charge in [-0.05, 0) is 37.1 Å². The van der Waals surface area contributed by atoms with Gasteiger partial charge in [0.15, 0.2) is 0 Å². The van der Waals surface area contributed by atoms with Crippen molar-refractivity contribution in [3.05, 3.63) is 62.7 Å². The highest BCUT2D eigenvalue weighted by atomic mass is 35.5. The maximum Gasteiger partial charge on any atom is 0.311 e. The van der Waals surface area contributed by atoms with Gasteiger partial charge in [0.2, 0.25) is 5.75 Å². The van der Waals surface area contributed by atoms with Crippen LogP contribution in [0.3, 0.4) is 0 Å². The van der Waals surface area contributed by atoms with Crippen LogP contribution in [0.25, 0.3) is 0 Å². The van der Waals surface area contributed by atoms with Crippen LogP contribution in [0.4, 0.5) is 5.69 Å². The van der Waals surface area contributed by atoms with Gasteiger partial charge < -0.3 is 9.84 Å². The lowest BCUT2D eigenvalue weighted by atomic mass is 10.1. The molecule has 0 saturated carbocycles. The minimum absolute atomic E-state index is 0.120. The molecule has 0 spiro atoms. The van der Waals surface area contributed by atoms with E-state index < -0.39 is 11.0 Å². The number of benzene rings is 2. The standard InChI is InChI=1S/C15H14ClNO4/c1-9-4-3-5-13(17(19)20)15(9)21-14-7-6-11(10(2)18)8-12(14)16/h3-8,10,18H,1-2H3/t10-/m0/s1. The van der Waals surface area contributed by atoms with E-state index in [9.17, 15) is 15.2 Å². The van der Waals surface area contributed by atoms with Crippen LogP contribution in [-0.2, 0) is 0 Å². The molecule has 1 atom stereocenters. The van der Waals surface area contributed by atoms with Crippen molar-refractivity contribution in [3.63, 3.8) is 0 Å². The minimum atomic E-state index is -0.649. The third-order valence-electron chi connectivity index (χ3n) is 3.04. The first-order chi connectivity index (χ1) is 9.90. The smallest absolute Gasteiger partial charge is 0.311 e. The Bertz CT molecular complexity index is 685. The van der Waals surface area contributed by atoms with Crippen molar-refractivity contribution in [2.24, 2.45) is 0 Å². The van der Waals surface area contributed by atoms with Gasteiger partial charge in [-0.2, -0.15) is 0 Å². The third-order valence-corrected chi connectivity index (χ3v) is 3.33. The molecule has 6 heteroatoms. The molecule has 0 heterocycles. The summed E-state index contributed by atoms with van der Waals surface area (Å²) in [6, 6.07) is 9.52. The first-order valence-electron chi connectivity index (χ1n) is 6.29. The van der Waals surface area contributed by atoms with E-state index >= 15 is 0 Å². The third kappa shape index (κ3) is 3.32. The average molecular weight is 308 g/mol. The number of rotatable bonds is 4. The molecular weight excluding hydrogens is 294 g/mol. The summed E-state index contributed by atoms with van der Waals surface area (Å²) in [6.45, 7) is 3.35. The van der Waals surface area contributed by atoms with Crippen LogP contribution in [0.15, 0.2) is 36.4 Å². The number of para-hydroxylation sites is 1. The van der Waals surface area contributed by atoms with Crippen LogP contribution >= 0.6 is 11.6 Å². The molecule has 0 radical (unpaired) electrons. The molecule has 2 aromatic carbocycles. The van der Waals surface area contributed by atoms with Gasteiger partial charge in [-0.1, -0.05) is 29.8 Å². The number of aryl methyl sites for hydroxylation is 1. The molecule has 0 amide bonds. The summed E-state index contributed by atoms with van der Waals surface area (Å²) in [5.74, 6) is 0.465. The van der Waals surface area contributed by atoms with Crippen LogP contribution in [0.2, 0.25) is 5.02 Å². The molecule has 0 fully saturated rings. The number of nitrogens with zero attached hydrogens (tertiary/aromatic N) is 1. The molecule has 2 rings (SSSR count). The zero-order valence-corrected chi connectivity index (χ0v) is 12.3. The second kappa shape index (κ2) is 6.11. The van der Waals surface area contributed by atoms with Crippen molar-refractivity contribution in [2.75, 3.05) is 0 Å². The Hall–Kier alpha value is -2.11. The summed E-state index contributed by atoms with van der Waals surface area (Å²) < 4.78 is 5.61. The highest BCUT2D eigenvalue weighted by Gasteiger charge is 2.19. The second-order valence-electron chi connectivity index (χ2n) is 4.65. The Morgan fingerprint density at radius 2 is 2.05 bits per heavy atom. The molecule has 2 aromatic rings. The quantitative estimate of drug-likeness (QED) is 0.671. The van der Waals surface area contributed by atoms with Gasteiger partial charge in [0.1, 0.15) is 5.75 Å². The van der Waals surface area contributed by atoms with E-state index in [1.165, 1.54) is 6.07 Å². The van der Waals surface area contributed by atoms with E-state index in [2.05, 4.69) is 0 Å².